The number of nitrogens with zero attached hydrogens (tertiary/aromatic N) is 2. The molecule has 1 heterocycles. The van der Waals surface area contributed by atoms with E-state index in [2.05, 4.69) is 19.2 Å². The molecule has 0 saturated carbocycles. The Kier molecular flexibility index (Phi) is 6.91. The Labute approximate surface area is 184 Å². The molecule has 1 aromatic heterocycles. The Bertz CT molecular complexity index is 1090. The highest BCUT2D eigenvalue weighted by molar-refractivity contribution is 7.90. The SMILES string of the molecule is CCOc1ccc(-n2c([C@@H](C)NCCS(C)(=O)=O)nc3c(c2=O)CCC(C)(C)C3)cc1. The molecule has 170 valence electrons. The molecule has 1 aliphatic rings. The van der Waals surface area contributed by atoms with Gasteiger partial charge in [0.25, 0.3) is 5.56 Å². The first kappa shape index (κ1) is 23.5. The van der Waals surface area contributed by atoms with Gasteiger partial charge >= 0.3 is 0 Å². The molecule has 1 aliphatic carbocycles. The summed E-state index contributed by atoms with van der Waals surface area (Å²) in [5.74, 6) is 1.37. The van der Waals surface area contributed by atoms with Gasteiger partial charge in [0.1, 0.15) is 21.4 Å². The van der Waals surface area contributed by atoms with Gasteiger partial charge in [-0.1, -0.05) is 13.8 Å². The van der Waals surface area contributed by atoms with Crippen LogP contribution in [0.5, 0.6) is 5.75 Å². The van der Waals surface area contributed by atoms with E-state index in [1.807, 2.05) is 38.1 Å². The lowest BCUT2D eigenvalue weighted by Crippen LogP contribution is -2.37. The number of rotatable bonds is 8. The van der Waals surface area contributed by atoms with E-state index in [1.54, 1.807) is 4.57 Å². The van der Waals surface area contributed by atoms with Gasteiger partial charge in [-0.05, 0) is 62.8 Å². The fourth-order valence-electron chi connectivity index (χ4n) is 3.97. The smallest absolute Gasteiger partial charge is 0.261 e. The summed E-state index contributed by atoms with van der Waals surface area (Å²) >= 11 is 0. The Morgan fingerprint density at radius 1 is 1.26 bits per heavy atom. The second-order valence-corrected chi connectivity index (χ2v) is 11.4. The van der Waals surface area contributed by atoms with Gasteiger partial charge in [0.05, 0.1) is 29.8 Å². The van der Waals surface area contributed by atoms with Crippen LogP contribution in [-0.4, -0.2) is 43.1 Å². The van der Waals surface area contributed by atoms with Crippen molar-refractivity contribution in [1.82, 2.24) is 14.9 Å². The van der Waals surface area contributed by atoms with Crippen molar-refractivity contribution >= 4 is 9.84 Å². The van der Waals surface area contributed by atoms with E-state index < -0.39 is 9.84 Å². The van der Waals surface area contributed by atoms with Crippen molar-refractivity contribution in [2.45, 2.75) is 53.0 Å². The van der Waals surface area contributed by atoms with E-state index in [9.17, 15) is 13.2 Å². The van der Waals surface area contributed by atoms with Crippen molar-refractivity contribution in [3.05, 3.63) is 51.7 Å². The molecule has 1 atom stereocenters. The first-order chi connectivity index (χ1) is 14.5. The minimum atomic E-state index is -3.08. The zero-order valence-corrected chi connectivity index (χ0v) is 19.9. The van der Waals surface area contributed by atoms with Crippen LogP contribution in [0.3, 0.4) is 0 Å². The van der Waals surface area contributed by atoms with Crippen molar-refractivity contribution in [3.8, 4) is 11.4 Å². The van der Waals surface area contributed by atoms with E-state index in [0.29, 0.717) is 25.4 Å². The van der Waals surface area contributed by atoms with Crippen LogP contribution in [-0.2, 0) is 22.7 Å². The summed E-state index contributed by atoms with van der Waals surface area (Å²) in [7, 11) is -3.08. The van der Waals surface area contributed by atoms with Crippen molar-refractivity contribution < 1.29 is 13.2 Å². The molecule has 8 heteroatoms. The standard InChI is InChI=1S/C23H33N3O4S/c1-6-30-18-9-7-17(8-10-18)26-21(16(2)24-13-14-31(5,28)29)25-20-15-23(3,4)12-11-19(20)22(26)27/h7-10,16,24H,6,11-15H2,1-5H3/t16-/m1/s1. The molecule has 0 unspecified atom stereocenters. The van der Waals surface area contributed by atoms with Crippen LogP contribution in [0, 0.1) is 5.41 Å². The molecule has 0 aliphatic heterocycles. The van der Waals surface area contributed by atoms with Gasteiger partial charge in [0.15, 0.2) is 0 Å². The highest BCUT2D eigenvalue weighted by Gasteiger charge is 2.30. The van der Waals surface area contributed by atoms with Gasteiger partial charge in [0, 0.05) is 18.4 Å². The zero-order valence-electron chi connectivity index (χ0n) is 19.1. The van der Waals surface area contributed by atoms with Crippen molar-refractivity contribution in [1.29, 1.82) is 0 Å². The topological polar surface area (TPSA) is 90.3 Å². The Morgan fingerprint density at radius 3 is 2.55 bits per heavy atom. The van der Waals surface area contributed by atoms with Gasteiger partial charge in [0.2, 0.25) is 0 Å². The molecule has 2 aromatic rings. The van der Waals surface area contributed by atoms with Crippen molar-refractivity contribution in [3.63, 3.8) is 0 Å². The molecule has 0 radical (unpaired) electrons. The second-order valence-electron chi connectivity index (χ2n) is 9.11. The molecular weight excluding hydrogens is 414 g/mol. The lowest BCUT2D eigenvalue weighted by molar-refractivity contribution is 0.307. The van der Waals surface area contributed by atoms with E-state index >= 15 is 0 Å². The highest BCUT2D eigenvalue weighted by atomic mass is 32.2. The first-order valence-corrected chi connectivity index (χ1v) is 12.9. The van der Waals surface area contributed by atoms with Crippen molar-refractivity contribution in [2.24, 2.45) is 5.41 Å². The second kappa shape index (κ2) is 9.12. The molecule has 0 fully saturated rings. The van der Waals surface area contributed by atoms with Crippen LogP contribution in [0.15, 0.2) is 29.1 Å². The first-order valence-electron chi connectivity index (χ1n) is 10.8. The lowest BCUT2D eigenvalue weighted by Gasteiger charge is -2.31. The third kappa shape index (κ3) is 5.74. The Morgan fingerprint density at radius 2 is 1.94 bits per heavy atom. The number of fused-ring (bicyclic) bond motifs is 1. The van der Waals surface area contributed by atoms with Gasteiger partial charge < -0.3 is 10.1 Å². The van der Waals surface area contributed by atoms with Crippen LogP contribution in [0.1, 0.15) is 57.2 Å². The van der Waals surface area contributed by atoms with E-state index in [-0.39, 0.29) is 22.8 Å². The molecule has 0 amide bonds. The number of aromatic nitrogens is 2. The summed E-state index contributed by atoms with van der Waals surface area (Å²) in [6, 6.07) is 7.12. The van der Waals surface area contributed by atoms with E-state index in [4.69, 9.17) is 9.72 Å². The quantitative estimate of drug-likeness (QED) is 0.669. The average molecular weight is 448 g/mol. The van der Waals surface area contributed by atoms with Gasteiger partial charge in [-0.3, -0.25) is 9.36 Å². The average Bonchev–Trinajstić information content (AvgIpc) is 2.67. The predicted molar refractivity (Wildman–Crippen MR) is 123 cm³/mol. The van der Waals surface area contributed by atoms with E-state index in [0.717, 1.165) is 35.5 Å². The number of hydrogen-bond donors (Lipinski definition) is 1. The predicted octanol–water partition coefficient (Wildman–Crippen LogP) is 2.84. The molecule has 0 spiro atoms. The van der Waals surface area contributed by atoms with Gasteiger partial charge in [-0.2, -0.15) is 0 Å². The summed E-state index contributed by atoms with van der Waals surface area (Å²) in [4.78, 5) is 18.5. The minimum Gasteiger partial charge on any atom is -0.494 e. The fraction of sp³-hybridized carbons (Fsp3) is 0.565. The summed E-state index contributed by atoms with van der Waals surface area (Å²) in [6.45, 7) is 9.10. The monoisotopic (exact) mass is 447 g/mol. The maximum absolute atomic E-state index is 13.6. The zero-order chi connectivity index (χ0) is 22.8. The lowest BCUT2D eigenvalue weighted by atomic mass is 9.76. The minimum absolute atomic E-state index is 0.0304. The molecule has 3 rings (SSSR count). The van der Waals surface area contributed by atoms with Crippen LogP contribution in [0.4, 0.5) is 0 Å². The number of sulfone groups is 1. The van der Waals surface area contributed by atoms with E-state index in [1.165, 1.54) is 6.26 Å². The van der Waals surface area contributed by atoms with Gasteiger partial charge in [-0.15, -0.1) is 0 Å². The summed E-state index contributed by atoms with van der Waals surface area (Å²) in [5, 5.41) is 3.23. The fourth-order valence-corrected chi connectivity index (χ4v) is 4.46. The van der Waals surface area contributed by atoms with Crippen LogP contribution < -0.4 is 15.6 Å². The highest BCUT2D eigenvalue weighted by Crippen LogP contribution is 2.33. The Hall–Kier alpha value is -2.19. The summed E-state index contributed by atoms with van der Waals surface area (Å²) in [6.07, 6.45) is 3.63. The molecule has 1 N–H and O–H groups in total. The largest absolute Gasteiger partial charge is 0.494 e. The molecule has 7 nitrogen and oxygen atoms in total. The maximum atomic E-state index is 13.6. The maximum Gasteiger partial charge on any atom is 0.261 e. The number of nitrogens with one attached hydrogen (secondary N) is 1. The molecule has 1 aromatic carbocycles. The molecule has 31 heavy (non-hydrogen) atoms. The molecular formula is C23H33N3O4S. The summed E-state index contributed by atoms with van der Waals surface area (Å²) in [5.41, 5.74) is 2.41. The van der Waals surface area contributed by atoms with Crippen LogP contribution in [0.25, 0.3) is 5.69 Å². The third-order valence-corrected chi connectivity index (χ3v) is 6.65. The van der Waals surface area contributed by atoms with Crippen molar-refractivity contribution in [2.75, 3.05) is 25.2 Å². The Balaban J connectivity index is 2.05. The summed E-state index contributed by atoms with van der Waals surface area (Å²) < 4.78 is 30.2. The number of hydrogen-bond acceptors (Lipinski definition) is 6. The number of benzene rings is 1. The van der Waals surface area contributed by atoms with Crippen LogP contribution >= 0.6 is 0 Å². The third-order valence-electron chi connectivity index (χ3n) is 5.70. The molecule has 0 bridgehead atoms. The van der Waals surface area contributed by atoms with Crippen LogP contribution in [0.2, 0.25) is 0 Å². The van der Waals surface area contributed by atoms with Gasteiger partial charge in [-0.25, -0.2) is 13.4 Å². The number of ether oxygens (including phenoxy) is 1. The normalized spacial score (nSPS) is 16.5. The molecule has 0 saturated heterocycles.